The third kappa shape index (κ3) is 5.39. The summed E-state index contributed by atoms with van der Waals surface area (Å²) in [7, 11) is 0. The predicted octanol–water partition coefficient (Wildman–Crippen LogP) is 4.30. The summed E-state index contributed by atoms with van der Waals surface area (Å²) in [6, 6.07) is 17.8. The van der Waals surface area contributed by atoms with Crippen LogP contribution in [0.5, 0.6) is 0 Å². The number of benzene rings is 2. The lowest BCUT2D eigenvalue weighted by Gasteiger charge is -2.23. The Balaban J connectivity index is 2.12. The first-order valence-corrected chi connectivity index (χ1v) is 8.15. The molecule has 0 aromatic heterocycles. The average Bonchev–Trinajstić information content (AvgIpc) is 2.54. The Morgan fingerprint density at radius 3 is 2.17 bits per heavy atom. The minimum atomic E-state index is -0.551. The van der Waals surface area contributed by atoms with Crippen LogP contribution < -0.4 is 5.32 Å². The van der Waals surface area contributed by atoms with Crippen LogP contribution in [0.15, 0.2) is 54.6 Å². The van der Waals surface area contributed by atoms with Crippen LogP contribution in [-0.2, 0) is 4.74 Å². The van der Waals surface area contributed by atoms with Crippen LogP contribution in [0.4, 0.5) is 4.79 Å². The highest BCUT2D eigenvalue weighted by molar-refractivity contribution is 5.69. The molecular formula is C20H25NO3. The first-order valence-electron chi connectivity index (χ1n) is 8.15. The number of rotatable bonds is 5. The van der Waals surface area contributed by atoms with Crippen LogP contribution in [0, 0.1) is 0 Å². The number of hydrogen-bond acceptors (Lipinski definition) is 3. The van der Waals surface area contributed by atoms with Crippen LogP contribution in [0.1, 0.15) is 38.8 Å². The number of hydrogen-bond donors (Lipinski definition) is 2. The van der Waals surface area contributed by atoms with Crippen LogP contribution in [-0.4, -0.2) is 23.4 Å². The molecule has 1 atom stereocenters. The molecule has 1 amide bonds. The van der Waals surface area contributed by atoms with Crippen molar-refractivity contribution in [2.45, 2.75) is 38.8 Å². The summed E-state index contributed by atoms with van der Waals surface area (Å²) in [5, 5.41) is 12.1. The Bertz CT molecular complexity index is 645. The van der Waals surface area contributed by atoms with E-state index in [1.165, 1.54) is 0 Å². The molecule has 0 saturated carbocycles. The normalized spacial score (nSPS) is 12.5. The highest BCUT2D eigenvalue weighted by Crippen LogP contribution is 2.23. The highest BCUT2D eigenvalue weighted by atomic mass is 16.6. The van der Waals surface area contributed by atoms with Crippen molar-refractivity contribution in [2.24, 2.45) is 0 Å². The van der Waals surface area contributed by atoms with E-state index in [2.05, 4.69) is 17.4 Å². The van der Waals surface area contributed by atoms with E-state index in [0.29, 0.717) is 6.42 Å². The number of nitrogens with one attached hydrogen (secondary N) is 1. The lowest BCUT2D eigenvalue weighted by Crippen LogP contribution is -2.35. The molecule has 2 rings (SSSR count). The second-order valence-corrected chi connectivity index (χ2v) is 6.70. The molecule has 0 fully saturated rings. The van der Waals surface area contributed by atoms with Gasteiger partial charge in [-0.3, -0.25) is 0 Å². The van der Waals surface area contributed by atoms with E-state index in [1.54, 1.807) is 0 Å². The zero-order valence-electron chi connectivity index (χ0n) is 14.5. The van der Waals surface area contributed by atoms with Gasteiger partial charge in [-0.05, 0) is 43.9 Å². The highest BCUT2D eigenvalue weighted by Gasteiger charge is 2.20. The quantitative estimate of drug-likeness (QED) is 0.860. The molecule has 0 bridgehead atoms. The van der Waals surface area contributed by atoms with Crippen molar-refractivity contribution in [3.05, 3.63) is 60.2 Å². The van der Waals surface area contributed by atoms with Gasteiger partial charge in [0.1, 0.15) is 5.60 Å². The topological polar surface area (TPSA) is 58.6 Å². The summed E-state index contributed by atoms with van der Waals surface area (Å²) in [6.07, 6.45) is -0.0442. The number of aliphatic hydroxyl groups is 1. The molecule has 0 aliphatic carbocycles. The van der Waals surface area contributed by atoms with Crippen LogP contribution >= 0.6 is 0 Å². The summed E-state index contributed by atoms with van der Waals surface area (Å²) in [4.78, 5) is 12.0. The number of carbonyl (C=O) groups is 1. The fourth-order valence-corrected chi connectivity index (χ4v) is 2.44. The van der Waals surface area contributed by atoms with Crippen LogP contribution in [0.25, 0.3) is 11.1 Å². The Labute approximate surface area is 143 Å². The molecular weight excluding hydrogens is 302 g/mol. The van der Waals surface area contributed by atoms with Crippen molar-refractivity contribution < 1.29 is 14.6 Å². The molecule has 0 aliphatic rings. The van der Waals surface area contributed by atoms with E-state index in [-0.39, 0.29) is 12.6 Å². The summed E-state index contributed by atoms with van der Waals surface area (Å²) >= 11 is 0. The molecule has 0 spiro atoms. The van der Waals surface area contributed by atoms with E-state index in [9.17, 15) is 9.90 Å². The molecule has 4 heteroatoms. The van der Waals surface area contributed by atoms with Gasteiger partial charge in [0.05, 0.1) is 6.04 Å². The molecule has 2 aromatic carbocycles. The number of ether oxygens (including phenoxy) is 1. The third-order valence-corrected chi connectivity index (χ3v) is 3.53. The number of amides is 1. The van der Waals surface area contributed by atoms with Crippen molar-refractivity contribution in [3.8, 4) is 11.1 Å². The van der Waals surface area contributed by atoms with E-state index in [0.717, 1.165) is 16.7 Å². The second kappa shape index (κ2) is 7.97. The Hall–Kier alpha value is -2.33. The Morgan fingerprint density at radius 1 is 1.04 bits per heavy atom. The summed E-state index contributed by atoms with van der Waals surface area (Å²) in [6.45, 7) is 5.45. The SMILES string of the molecule is CC(C)(C)OC(=O)NC(CCO)c1ccc(-c2ccccc2)cc1. The summed E-state index contributed by atoms with van der Waals surface area (Å²) < 4.78 is 5.30. The van der Waals surface area contributed by atoms with Gasteiger partial charge in [-0.15, -0.1) is 0 Å². The zero-order valence-corrected chi connectivity index (χ0v) is 14.5. The van der Waals surface area contributed by atoms with Gasteiger partial charge < -0.3 is 15.2 Å². The largest absolute Gasteiger partial charge is 0.444 e. The molecule has 2 N–H and O–H groups in total. The van der Waals surface area contributed by atoms with Gasteiger partial charge in [-0.2, -0.15) is 0 Å². The number of alkyl carbamates (subject to hydrolysis) is 1. The fraction of sp³-hybridized carbons (Fsp3) is 0.350. The maximum absolute atomic E-state index is 12.0. The first-order chi connectivity index (χ1) is 11.4. The molecule has 128 valence electrons. The minimum absolute atomic E-state index is 0.0130. The first kappa shape index (κ1) is 18.0. The van der Waals surface area contributed by atoms with Gasteiger partial charge in [0.25, 0.3) is 0 Å². The molecule has 0 aliphatic heterocycles. The smallest absolute Gasteiger partial charge is 0.408 e. The van der Waals surface area contributed by atoms with Crippen molar-refractivity contribution in [3.63, 3.8) is 0 Å². The van der Waals surface area contributed by atoms with Gasteiger partial charge in [-0.1, -0.05) is 54.6 Å². The maximum Gasteiger partial charge on any atom is 0.408 e. The summed E-state index contributed by atoms with van der Waals surface area (Å²) in [5.41, 5.74) is 2.64. The van der Waals surface area contributed by atoms with E-state index < -0.39 is 11.7 Å². The van der Waals surface area contributed by atoms with E-state index >= 15 is 0 Å². The molecule has 0 radical (unpaired) electrons. The summed E-state index contributed by atoms with van der Waals surface area (Å²) in [5.74, 6) is 0. The molecule has 0 heterocycles. The maximum atomic E-state index is 12.0. The number of aliphatic hydroxyl groups excluding tert-OH is 1. The van der Waals surface area contributed by atoms with E-state index in [1.807, 2.05) is 63.2 Å². The second-order valence-electron chi connectivity index (χ2n) is 6.70. The van der Waals surface area contributed by atoms with Gasteiger partial charge >= 0.3 is 6.09 Å². The lowest BCUT2D eigenvalue weighted by atomic mass is 9.99. The van der Waals surface area contributed by atoms with Gasteiger partial charge in [0.15, 0.2) is 0 Å². The van der Waals surface area contributed by atoms with Crippen LogP contribution in [0.3, 0.4) is 0 Å². The van der Waals surface area contributed by atoms with Crippen molar-refractivity contribution in [2.75, 3.05) is 6.61 Å². The minimum Gasteiger partial charge on any atom is -0.444 e. The monoisotopic (exact) mass is 327 g/mol. The van der Waals surface area contributed by atoms with E-state index in [4.69, 9.17) is 4.74 Å². The van der Waals surface area contributed by atoms with Gasteiger partial charge in [0.2, 0.25) is 0 Å². The van der Waals surface area contributed by atoms with Gasteiger partial charge in [-0.25, -0.2) is 4.79 Å². The molecule has 1 unspecified atom stereocenters. The van der Waals surface area contributed by atoms with Crippen molar-refractivity contribution in [1.82, 2.24) is 5.32 Å². The standard InChI is InChI=1S/C20H25NO3/c1-20(2,3)24-19(23)21-18(13-14-22)17-11-9-16(10-12-17)15-7-5-4-6-8-15/h4-12,18,22H,13-14H2,1-3H3,(H,21,23). The van der Waals surface area contributed by atoms with Crippen molar-refractivity contribution in [1.29, 1.82) is 0 Å². The zero-order chi connectivity index (χ0) is 17.6. The number of carbonyl (C=O) groups excluding carboxylic acids is 1. The lowest BCUT2D eigenvalue weighted by molar-refractivity contribution is 0.0496. The molecule has 4 nitrogen and oxygen atoms in total. The van der Waals surface area contributed by atoms with Crippen molar-refractivity contribution >= 4 is 6.09 Å². The fourth-order valence-electron chi connectivity index (χ4n) is 2.44. The predicted molar refractivity (Wildman–Crippen MR) is 95.7 cm³/mol. The molecule has 24 heavy (non-hydrogen) atoms. The average molecular weight is 327 g/mol. The molecule has 2 aromatic rings. The Morgan fingerprint density at radius 2 is 1.62 bits per heavy atom. The van der Waals surface area contributed by atoms with Crippen LogP contribution in [0.2, 0.25) is 0 Å². The third-order valence-electron chi connectivity index (χ3n) is 3.53. The Kier molecular flexibility index (Phi) is 5.99. The molecule has 0 saturated heterocycles. The van der Waals surface area contributed by atoms with Gasteiger partial charge in [0, 0.05) is 6.61 Å².